The van der Waals surface area contributed by atoms with Crippen LogP contribution >= 0.6 is 0 Å². The van der Waals surface area contributed by atoms with Crippen LogP contribution in [0.3, 0.4) is 0 Å². The summed E-state index contributed by atoms with van der Waals surface area (Å²) in [6.45, 7) is 3.00. The molecule has 1 aliphatic heterocycles. The monoisotopic (exact) mass is 262 g/mol. The Hall–Kier alpha value is -2.44. The van der Waals surface area contributed by atoms with Crippen molar-refractivity contribution in [3.8, 4) is 0 Å². The molecule has 0 radical (unpaired) electrons. The van der Waals surface area contributed by atoms with Gasteiger partial charge in [-0.25, -0.2) is 14.8 Å². The quantitative estimate of drug-likeness (QED) is 0.738. The van der Waals surface area contributed by atoms with E-state index in [2.05, 4.69) is 15.3 Å². The molecule has 100 valence electrons. The van der Waals surface area contributed by atoms with E-state index >= 15 is 0 Å². The summed E-state index contributed by atoms with van der Waals surface area (Å²) in [5.41, 5.74) is 0.597. The molecule has 1 atom stereocenters. The summed E-state index contributed by atoms with van der Waals surface area (Å²) >= 11 is 0. The molecule has 1 fully saturated rings. The van der Waals surface area contributed by atoms with Crippen LogP contribution in [0, 0.1) is 0 Å². The maximum atomic E-state index is 11.5. The lowest BCUT2D eigenvalue weighted by atomic mass is 10.2. The molecule has 2 rings (SSSR count). The Morgan fingerprint density at radius 1 is 1.53 bits per heavy atom. The standard InChI is InChI=1S/C12H14N4O3/c1-8-11(19)13-4-5-16(8)12-14-6-9(7-15-12)2-3-10(17)18/h2-3,6-8H,4-5H2,1H3,(H,13,19)(H,17,18)/b3-2+. The zero-order valence-electron chi connectivity index (χ0n) is 10.4. The second-order valence-electron chi connectivity index (χ2n) is 4.15. The van der Waals surface area contributed by atoms with Crippen molar-refractivity contribution < 1.29 is 14.7 Å². The Balaban J connectivity index is 2.13. The Morgan fingerprint density at radius 2 is 2.21 bits per heavy atom. The third-order valence-corrected chi connectivity index (χ3v) is 2.83. The molecular formula is C12H14N4O3. The zero-order valence-corrected chi connectivity index (χ0v) is 10.4. The Bertz CT molecular complexity index is 512. The number of amides is 1. The van der Waals surface area contributed by atoms with Crippen molar-refractivity contribution in [3.05, 3.63) is 24.0 Å². The van der Waals surface area contributed by atoms with Crippen LogP contribution < -0.4 is 10.2 Å². The SMILES string of the molecule is CC1C(=O)NCCN1c1ncc(/C=C/C(=O)O)cn1. The number of rotatable bonds is 3. The first kappa shape index (κ1) is 13.0. The topological polar surface area (TPSA) is 95.4 Å². The molecular weight excluding hydrogens is 248 g/mol. The molecule has 1 unspecified atom stereocenters. The van der Waals surface area contributed by atoms with Gasteiger partial charge in [0.2, 0.25) is 11.9 Å². The summed E-state index contributed by atoms with van der Waals surface area (Å²) in [5.74, 6) is -0.607. The minimum atomic E-state index is -1.02. The number of piperazine rings is 1. The van der Waals surface area contributed by atoms with Gasteiger partial charge < -0.3 is 15.3 Å². The van der Waals surface area contributed by atoms with Crippen molar-refractivity contribution in [2.24, 2.45) is 0 Å². The van der Waals surface area contributed by atoms with Crippen molar-refractivity contribution >= 4 is 23.9 Å². The third-order valence-electron chi connectivity index (χ3n) is 2.83. The van der Waals surface area contributed by atoms with Crippen LogP contribution in [0.5, 0.6) is 0 Å². The largest absolute Gasteiger partial charge is 0.478 e. The Morgan fingerprint density at radius 3 is 2.84 bits per heavy atom. The molecule has 0 aromatic carbocycles. The summed E-state index contributed by atoms with van der Waals surface area (Å²) in [6.07, 6.45) is 5.50. The first-order valence-corrected chi connectivity index (χ1v) is 5.85. The lowest BCUT2D eigenvalue weighted by Crippen LogP contribution is -2.54. The van der Waals surface area contributed by atoms with Gasteiger partial charge in [-0.05, 0) is 13.0 Å². The average molecular weight is 262 g/mol. The van der Waals surface area contributed by atoms with Crippen molar-refractivity contribution in [2.75, 3.05) is 18.0 Å². The van der Waals surface area contributed by atoms with Gasteiger partial charge in [-0.1, -0.05) is 0 Å². The third kappa shape index (κ3) is 3.06. The lowest BCUT2D eigenvalue weighted by molar-refractivity contribution is -0.131. The molecule has 1 aromatic rings. The highest BCUT2D eigenvalue weighted by atomic mass is 16.4. The van der Waals surface area contributed by atoms with Gasteiger partial charge in [0.1, 0.15) is 6.04 Å². The van der Waals surface area contributed by atoms with Crippen molar-refractivity contribution in [1.82, 2.24) is 15.3 Å². The highest BCUT2D eigenvalue weighted by Gasteiger charge is 2.26. The van der Waals surface area contributed by atoms with Crippen molar-refractivity contribution in [1.29, 1.82) is 0 Å². The minimum Gasteiger partial charge on any atom is -0.478 e. The average Bonchev–Trinajstić information content (AvgIpc) is 2.40. The molecule has 7 heteroatoms. The van der Waals surface area contributed by atoms with Crippen LogP contribution in [-0.4, -0.2) is 46.1 Å². The predicted octanol–water partition coefficient (Wildman–Crippen LogP) is -0.101. The highest BCUT2D eigenvalue weighted by molar-refractivity contribution is 5.86. The van der Waals surface area contributed by atoms with Gasteiger partial charge in [-0.3, -0.25) is 4.79 Å². The number of carboxylic acids is 1. The first-order chi connectivity index (χ1) is 9.08. The first-order valence-electron chi connectivity index (χ1n) is 5.85. The normalized spacial score (nSPS) is 19.5. The van der Waals surface area contributed by atoms with Gasteiger partial charge >= 0.3 is 5.97 Å². The Kier molecular flexibility index (Phi) is 3.74. The highest BCUT2D eigenvalue weighted by Crippen LogP contribution is 2.13. The number of hydrogen-bond acceptors (Lipinski definition) is 5. The number of nitrogens with zero attached hydrogens (tertiary/aromatic N) is 3. The van der Waals surface area contributed by atoms with E-state index < -0.39 is 5.97 Å². The number of hydrogen-bond donors (Lipinski definition) is 2. The summed E-state index contributed by atoms with van der Waals surface area (Å²) in [7, 11) is 0. The van der Waals surface area contributed by atoms with Crippen LogP contribution in [0.4, 0.5) is 5.95 Å². The fourth-order valence-electron chi connectivity index (χ4n) is 1.79. The van der Waals surface area contributed by atoms with Gasteiger partial charge in [0, 0.05) is 37.1 Å². The zero-order chi connectivity index (χ0) is 13.8. The number of carbonyl (C=O) groups excluding carboxylic acids is 1. The number of carbonyl (C=O) groups is 2. The van der Waals surface area contributed by atoms with Gasteiger partial charge in [0.15, 0.2) is 0 Å². The fraction of sp³-hybridized carbons (Fsp3) is 0.333. The van der Waals surface area contributed by atoms with Gasteiger partial charge in [-0.2, -0.15) is 0 Å². The molecule has 0 spiro atoms. The smallest absolute Gasteiger partial charge is 0.328 e. The van der Waals surface area contributed by atoms with Gasteiger partial charge in [0.05, 0.1) is 0 Å². The van der Waals surface area contributed by atoms with Crippen molar-refractivity contribution in [2.45, 2.75) is 13.0 Å². The molecule has 0 bridgehead atoms. The molecule has 1 saturated heterocycles. The van der Waals surface area contributed by atoms with Gasteiger partial charge in [0.25, 0.3) is 0 Å². The summed E-state index contributed by atoms with van der Waals surface area (Å²) in [5, 5.41) is 11.3. The van der Waals surface area contributed by atoms with E-state index in [1.165, 1.54) is 18.5 Å². The number of carboxylic acid groups (broad SMARTS) is 1. The van der Waals surface area contributed by atoms with Crippen molar-refractivity contribution in [3.63, 3.8) is 0 Å². The van der Waals surface area contributed by atoms with E-state index in [0.717, 1.165) is 6.08 Å². The maximum absolute atomic E-state index is 11.5. The van der Waals surface area contributed by atoms with Crippen LogP contribution in [0.1, 0.15) is 12.5 Å². The molecule has 1 aromatic heterocycles. The minimum absolute atomic E-state index is 0.0512. The molecule has 2 N–H and O–H groups in total. The Labute approximate surface area is 110 Å². The van der Waals surface area contributed by atoms with E-state index in [1.807, 2.05) is 4.90 Å². The van der Waals surface area contributed by atoms with Crippen LogP contribution in [0.25, 0.3) is 6.08 Å². The summed E-state index contributed by atoms with van der Waals surface area (Å²) in [6, 6.07) is -0.311. The molecule has 0 aliphatic carbocycles. The second-order valence-corrected chi connectivity index (χ2v) is 4.15. The van der Waals surface area contributed by atoms with Crippen LogP contribution in [-0.2, 0) is 9.59 Å². The molecule has 1 amide bonds. The lowest BCUT2D eigenvalue weighted by Gasteiger charge is -2.32. The maximum Gasteiger partial charge on any atom is 0.328 e. The number of nitrogens with one attached hydrogen (secondary N) is 1. The summed E-state index contributed by atoms with van der Waals surface area (Å²) in [4.78, 5) is 32.0. The van der Waals surface area contributed by atoms with Crippen LogP contribution in [0.2, 0.25) is 0 Å². The van der Waals surface area contributed by atoms with E-state index in [-0.39, 0.29) is 11.9 Å². The molecule has 7 nitrogen and oxygen atoms in total. The van der Waals surface area contributed by atoms with Gasteiger partial charge in [-0.15, -0.1) is 0 Å². The fourth-order valence-corrected chi connectivity index (χ4v) is 1.79. The number of aliphatic carboxylic acids is 1. The van der Waals surface area contributed by atoms with E-state index in [1.54, 1.807) is 6.92 Å². The molecule has 0 saturated carbocycles. The molecule has 19 heavy (non-hydrogen) atoms. The summed E-state index contributed by atoms with van der Waals surface area (Å²) < 4.78 is 0. The van der Waals surface area contributed by atoms with E-state index in [4.69, 9.17) is 5.11 Å². The molecule has 1 aliphatic rings. The second kappa shape index (κ2) is 5.47. The molecule has 2 heterocycles. The number of anilines is 1. The van der Waals surface area contributed by atoms with E-state index in [0.29, 0.717) is 24.6 Å². The van der Waals surface area contributed by atoms with Crippen LogP contribution in [0.15, 0.2) is 18.5 Å². The predicted molar refractivity (Wildman–Crippen MR) is 68.5 cm³/mol. The van der Waals surface area contributed by atoms with E-state index in [9.17, 15) is 9.59 Å². The number of aromatic nitrogens is 2.